The van der Waals surface area contributed by atoms with Crippen LogP contribution in [0.3, 0.4) is 0 Å². The lowest BCUT2D eigenvalue weighted by atomic mass is 9.86. The SMILES string of the molecule is CSc1ccc(S(=O)(=O)N(CC(=O)NCCOc2ccccc2C(C)(C)C)c2ccc(C)cc2)cc1. The van der Waals surface area contributed by atoms with Crippen molar-refractivity contribution in [2.75, 3.05) is 30.3 Å². The number of nitrogens with one attached hydrogen (secondary N) is 1. The van der Waals surface area contributed by atoms with Crippen LogP contribution in [0.25, 0.3) is 0 Å². The van der Waals surface area contributed by atoms with Gasteiger partial charge in [-0.15, -0.1) is 11.8 Å². The van der Waals surface area contributed by atoms with Crippen molar-refractivity contribution < 1.29 is 17.9 Å². The minimum atomic E-state index is -3.95. The highest BCUT2D eigenvalue weighted by Crippen LogP contribution is 2.31. The van der Waals surface area contributed by atoms with E-state index in [1.54, 1.807) is 36.4 Å². The Hall–Kier alpha value is -2.97. The number of hydrogen-bond donors (Lipinski definition) is 1. The third-order valence-electron chi connectivity index (χ3n) is 5.63. The van der Waals surface area contributed by atoms with Crippen molar-refractivity contribution in [1.29, 1.82) is 0 Å². The normalized spacial score (nSPS) is 11.7. The summed E-state index contributed by atoms with van der Waals surface area (Å²) in [4.78, 5) is 13.9. The van der Waals surface area contributed by atoms with Gasteiger partial charge in [0.25, 0.3) is 10.0 Å². The molecule has 1 amide bonds. The number of nitrogens with zero attached hydrogens (tertiary/aromatic N) is 1. The molecule has 192 valence electrons. The molecule has 0 saturated heterocycles. The zero-order valence-electron chi connectivity index (χ0n) is 21.4. The molecule has 0 aliphatic carbocycles. The molecule has 0 radical (unpaired) electrons. The molecule has 0 aromatic heterocycles. The highest BCUT2D eigenvalue weighted by atomic mass is 32.2. The summed E-state index contributed by atoms with van der Waals surface area (Å²) in [5.41, 5.74) is 2.44. The van der Waals surface area contributed by atoms with Gasteiger partial charge in [0, 0.05) is 4.90 Å². The fraction of sp³-hybridized carbons (Fsp3) is 0.321. The number of thioether (sulfide) groups is 1. The summed E-state index contributed by atoms with van der Waals surface area (Å²) >= 11 is 1.53. The molecule has 0 bridgehead atoms. The second-order valence-corrected chi connectivity index (χ2v) is 12.2. The number of benzene rings is 3. The Balaban J connectivity index is 1.71. The number of anilines is 1. The van der Waals surface area contributed by atoms with Gasteiger partial charge in [-0.1, -0.05) is 56.7 Å². The van der Waals surface area contributed by atoms with E-state index in [0.717, 1.165) is 26.1 Å². The van der Waals surface area contributed by atoms with Crippen molar-refractivity contribution >= 4 is 33.4 Å². The fourth-order valence-electron chi connectivity index (χ4n) is 3.65. The van der Waals surface area contributed by atoms with Gasteiger partial charge in [0.1, 0.15) is 18.9 Å². The first kappa shape index (κ1) is 27.6. The molecule has 8 heteroatoms. The summed E-state index contributed by atoms with van der Waals surface area (Å²) in [5, 5.41) is 2.79. The van der Waals surface area contributed by atoms with Crippen molar-refractivity contribution in [3.05, 3.63) is 83.9 Å². The van der Waals surface area contributed by atoms with Gasteiger partial charge in [-0.05, 0) is 66.6 Å². The van der Waals surface area contributed by atoms with Crippen LogP contribution in [0, 0.1) is 6.92 Å². The van der Waals surface area contributed by atoms with Gasteiger partial charge < -0.3 is 10.1 Å². The zero-order chi connectivity index (χ0) is 26.3. The third-order valence-corrected chi connectivity index (χ3v) is 8.17. The summed E-state index contributed by atoms with van der Waals surface area (Å²) in [5.74, 6) is 0.365. The zero-order valence-corrected chi connectivity index (χ0v) is 23.1. The molecule has 1 N–H and O–H groups in total. The molecule has 0 heterocycles. The van der Waals surface area contributed by atoms with Crippen molar-refractivity contribution in [1.82, 2.24) is 5.32 Å². The Labute approximate surface area is 219 Å². The molecule has 3 aromatic carbocycles. The van der Waals surface area contributed by atoms with Crippen LogP contribution in [-0.4, -0.2) is 40.3 Å². The Morgan fingerprint density at radius 3 is 2.22 bits per heavy atom. The van der Waals surface area contributed by atoms with Gasteiger partial charge in [-0.3, -0.25) is 9.10 Å². The van der Waals surface area contributed by atoms with E-state index in [-0.39, 0.29) is 30.0 Å². The largest absolute Gasteiger partial charge is 0.491 e. The monoisotopic (exact) mass is 526 g/mol. The van der Waals surface area contributed by atoms with Crippen LogP contribution in [0.5, 0.6) is 5.75 Å². The quantitative estimate of drug-likeness (QED) is 0.283. The molecule has 0 spiro atoms. The Morgan fingerprint density at radius 2 is 1.61 bits per heavy atom. The van der Waals surface area contributed by atoms with Crippen LogP contribution < -0.4 is 14.4 Å². The minimum Gasteiger partial charge on any atom is -0.491 e. The Bertz CT molecular complexity index is 1270. The molecule has 3 rings (SSSR count). The number of para-hydroxylation sites is 1. The molecule has 0 fully saturated rings. The van der Waals surface area contributed by atoms with Crippen LogP contribution in [0.4, 0.5) is 5.69 Å². The summed E-state index contributed by atoms with van der Waals surface area (Å²) in [7, 11) is -3.95. The molecule has 0 aliphatic heterocycles. The van der Waals surface area contributed by atoms with Gasteiger partial charge in [-0.2, -0.15) is 0 Å². The van der Waals surface area contributed by atoms with Crippen LogP contribution >= 0.6 is 11.8 Å². The first-order valence-corrected chi connectivity index (χ1v) is 14.4. The maximum atomic E-state index is 13.5. The number of aryl methyl sites for hydroxylation is 1. The second kappa shape index (κ2) is 11.8. The van der Waals surface area contributed by atoms with E-state index >= 15 is 0 Å². The van der Waals surface area contributed by atoms with Crippen LogP contribution in [0.2, 0.25) is 0 Å². The molecule has 36 heavy (non-hydrogen) atoms. The third kappa shape index (κ3) is 7.04. The average Bonchev–Trinajstić information content (AvgIpc) is 2.85. The van der Waals surface area contributed by atoms with Crippen molar-refractivity contribution in [2.45, 2.75) is 42.9 Å². The Kier molecular flexibility index (Phi) is 9.08. The van der Waals surface area contributed by atoms with E-state index < -0.39 is 15.9 Å². The Morgan fingerprint density at radius 1 is 0.972 bits per heavy atom. The summed E-state index contributed by atoms with van der Waals surface area (Å²) in [6.45, 7) is 8.46. The highest BCUT2D eigenvalue weighted by Gasteiger charge is 2.27. The van der Waals surface area contributed by atoms with E-state index in [1.807, 2.05) is 49.6 Å². The maximum absolute atomic E-state index is 13.5. The first-order valence-electron chi connectivity index (χ1n) is 11.7. The standard InChI is InChI=1S/C28H34N2O4S2/c1-21-10-12-22(13-11-21)30(36(32,33)24-16-14-23(35-5)15-17-24)20-27(31)29-18-19-34-26-9-7-6-8-25(26)28(2,3)4/h6-17H,18-20H2,1-5H3,(H,29,31). The van der Waals surface area contributed by atoms with Crippen molar-refractivity contribution in [2.24, 2.45) is 0 Å². The summed E-state index contributed by atoms with van der Waals surface area (Å²) < 4.78 is 34.1. The number of carbonyl (C=O) groups excluding carboxylic acids is 1. The van der Waals surface area contributed by atoms with Crippen LogP contribution in [0.1, 0.15) is 31.9 Å². The maximum Gasteiger partial charge on any atom is 0.264 e. The number of amides is 1. The van der Waals surface area contributed by atoms with Gasteiger partial charge in [-0.25, -0.2) is 8.42 Å². The first-order chi connectivity index (χ1) is 17.0. The minimum absolute atomic E-state index is 0.0727. The van der Waals surface area contributed by atoms with Crippen molar-refractivity contribution in [3.8, 4) is 5.75 Å². The summed E-state index contributed by atoms with van der Waals surface area (Å²) in [6, 6.07) is 21.6. The molecule has 3 aromatic rings. The fourth-order valence-corrected chi connectivity index (χ4v) is 5.48. The number of carbonyl (C=O) groups is 1. The number of rotatable bonds is 10. The topological polar surface area (TPSA) is 75.7 Å². The molecule has 0 unspecified atom stereocenters. The van der Waals surface area contributed by atoms with Crippen LogP contribution in [0.15, 0.2) is 82.6 Å². The van der Waals surface area contributed by atoms with Crippen LogP contribution in [-0.2, 0) is 20.2 Å². The lowest BCUT2D eigenvalue weighted by Gasteiger charge is -2.24. The smallest absolute Gasteiger partial charge is 0.264 e. The van der Waals surface area contributed by atoms with Gasteiger partial charge in [0.05, 0.1) is 17.1 Å². The van der Waals surface area contributed by atoms with Gasteiger partial charge in [0.2, 0.25) is 5.91 Å². The van der Waals surface area contributed by atoms with Gasteiger partial charge >= 0.3 is 0 Å². The summed E-state index contributed by atoms with van der Waals surface area (Å²) in [6.07, 6.45) is 1.93. The van der Waals surface area contributed by atoms with Gasteiger partial charge in [0.15, 0.2) is 0 Å². The second-order valence-electron chi connectivity index (χ2n) is 9.47. The number of sulfonamides is 1. The number of ether oxygens (including phenoxy) is 1. The van der Waals surface area contributed by atoms with E-state index in [9.17, 15) is 13.2 Å². The molecule has 0 saturated carbocycles. The molecule has 6 nitrogen and oxygen atoms in total. The van der Waals surface area contributed by atoms with E-state index in [4.69, 9.17) is 4.74 Å². The lowest BCUT2D eigenvalue weighted by Crippen LogP contribution is -2.42. The predicted octanol–water partition coefficient (Wildman–Crippen LogP) is 5.40. The number of hydrogen-bond acceptors (Lipinski definition) is 5. The van der Waals surface area contributed by atoms with E-state index in [2.05, 4.69) is 26.1 Å². The van der Waals surface area contributed by atoms with E-state index in [0.29, 0.717) is 5.69 Å². The van der Waals surface area contributed by atoms with Crippen molar-refractivity contribution in [3.63, 3.8) is 0 Å². The van der Waals surface area contributed by atoms with E-state index in [1.165, 1.54) is 11.8 Å². The molecule has 0 aliphatic rings. The molecular weight excluding hydrogens is 492 g/mol. The molecular formula is C28H34N2O4S2. The molecule has 0 atom stereocenters. The lowest BCUT2D eigenvalue weighted by molar-refractivity contribution is -0.119. The predicted molar refractivity (Wildman–Crippen MR) is 148 cm³/mol. The average molecular weight is 527 g/mol. The highest BCUT2D eigenvalue weighted by molar-refractivity contribution is 7.98.